The lowest BCUT2D eigenvalue weighted by Gasteiger charge is -2.07. The van der Waals surface area contributed by atoms with E-state index in [0.717, 1.165) is 12.8 Å². The van der Waals surface area contributed by atoms with Crippen molar-refractivity contribution in [1.29, 1.82) is 0 Å². The summed E-state index contributed by atoms with van der Waals surface area (Å²) >= 11 is 0. The summed E-state index contributed by atoms with van der Waals surface area (Å²) in [5, 5.41) is 8.53. The molecule has 35 heavy (non-hydrogen) atoms. The number of aliphatic carboxylic acids is 1. The fourth-order valence-electron chi connectivity index (χ4n) is 3.86. The van der Waals surface area contributed by atoms with Crippen LogP contribution in [-0.4, -0.2) is 49.4 Å². The van der Waals surface area contributed by atoms with Crippen molar-refractivity contribution in [3.63, 3.8) is 0 Å². The van der Waals surface area contributed by atoms with Gasteiger partial charge in [0.2, 0.25) is 0 Å². The first-order chi connectivity index (χ1) is 17.1. The average Bonchev–Trinajstić information content (AvgIpc) is 2.83. The van der Waals surface area contributed by atoms with Crippen LogP contribution in [0, 0.1) is 0 Å². The van der Waals surface area contributed by atoms with E-state index >= 15 is 0 Å². The zero-order valence-electron chi connectivity index (χ0n) is 22.4. The molecular weight excluding hydrogens is 448 g/mol. The number of ether oxygens (including phenoxy) is 3. The quantitative estimate of drug-likeness (QED) is 0.0957. The molecule has 0 heterocycles. The number of hydrogen-bond acceptors (Lipinski definition) is 6. The molecule has 7 nitrogen and oxygen atoms in total. The minimum atomic E-state index is -0.859. The first-order valence-corrected chi connectivity index (χ1v) is 14.2. The molecule has 0 saturated heterocycles. The third-order valence-corrected chi connectivity index (χ3v) is 5.99. The third kappa shape index (κ3) is 28.5. The van der Waals surface area contributed by atoms with E-state index in [9.17, 15) is 14.4 Å². The predicted molar refractivity (Wildman–Crippen MR) is 138 cm³/mol. The van der Waals surface area contributed by atoms with E-state index in [1.807, 2.05) is 0 Å². The van der Waals surface area contributed by atoms with Gasteiger partial charge in [0.1, 0.15) is 13.2 Å². The molecule has 0 atom stereocenters. The van der Waals surface area contributed by atoms with Gasteiger partial charge in [-0.2, -0.15) is 0 Å². The average molecular weight is 501 g/mol. The van der Waals surface area contributed by atoms with Crippen LogP contribution in [0.2, 0.25) is 0 Å². The number of carboxylic acid groups (broad SMARTS) is 1. The van der Waals surface area contributed by atoms with Crippen molar-refractivity contribution < 1.29 is 33.7 Å². The van der Waals surface area contributed by atoms with Gasteiger partial charge < -0.3 is 19.3 Å². The van der Waals surface area contributed by atoms with Gasteiger partial charge in [-0.3, -0.25) is 14.4 Å². The Labute approximate surface area is 213 Å². The molecule has 0 saturated carbocycles. The van der Waals surface area contributed by atoms with Crippen LogP contribution < -0.4 is 0 Å². The maximum Gasteiger partial charge on any atom is 0.305 e. The third-order valence-electron chi connectivity index (χ3n) is 5.99. The lowest BCUT2D eigenvalue weighted by Crippen LogP contribution is -2.14. The molecule has 0 aromatic rings. The lowest BCUT2D eigenvalue weighted by molar-refractivity contribution is -0.147. The molecule has 0 fully saturated rings. The maximum absolute atomic E-state index is 11.7. The van der Waals surface area contributed by atoms with Gasteiger partial charge in [-0.1, -0.05) is 96.8 Å². The molecule has 0 aliphatic heterocycles. The lowest BCUT2D eigenvalue weighted by atomic mass is 10.0. The molecule has 0 aliphatic carbocycles. The van der Waals surface area contributed by atoms with Gasteiger partial charge in [-0.25, -0.2) is 0 Å². The van der Waals surface area contributed by atoms with Gasteiger partial charge in [-0.15, -0.1) is 0 Å². The highest BCUT2D eigenvalue weighted by molar-refractivity contribution is 5.70. The molecule has 7 heteroatoms. The van der Waals surface area contributed by atoms with Gasteiger partial charge in [0.25, 0.3) is 0 Å². The summed E-state index contributed by atoms with van der Waals surface area (Å²) in [5.74, 6) is -1.40. The van der Waals surface area contributed by atoms with E-state index in [1.54, 1.807) is 0 Å². The van der Waals surface area contributed by atoms with E-state index < -0.39 is 5.97 Å². The summed E-state index contributed by atoms with van der Waals surface area (Å²) < 4.78 is 15.4. The summed E-state index contributed by atoms with van der Waals surface area (Å²) in [6.45, 7) is 3.14. The standard InChI is InChI=1S/C28H52O7/c1-2-3-4-5-6-7-8-9-10-11-12-13-14-15-16-20-27(31)34-24-22-33-23-25-35-28(32)21-18-17-19-26(29)30/h2-25H2,1H3,(H,29,30). The molecule has 0 radical (unpaired) electrons. The van der Waals surface area contributed by atoms with Gasteiger partial charge >= 0.3 is 17.9 Å². The molecular formula is C28H52O7. The van der Waals surface area contributed by atoms with Crippen molar-refractivity contribution in [1.82, 2.24) is 0 Å². The van der Waals surface area contributed by atoms with Gasteiger partial charge in [-0.05, 0) is 19.3 Å². The van der Waals surface area contributed by atoms with Gasteiger partial charge in [0.15, 0.2) is 0 Å². The normalized spacial score (nSPS) is 10.9. The highest BCUT2D eigenvalue weighted by Crippen LogP contribution is 2.13. The molecule has 0 rings (SSSR count). The first-order valence-electron chi connectivity index (χ1n) is 14.2. The van der Waals surface area contributed by atoms with Crippen LogP contribution in [0.1, 0.15) is 135 Å². The Kier molecular flexibility index (Phi) is 25.7. The minimum Gasteiger partial charge on any atom is -0.481 e. The van der Waals surface area contributed by atoms with E-state index in [1.165, 1.54) is 83.5 Å². The molecule has 206 valence electrons. The number of carbonyl (C=O) groups is 3. The Morgan fingerprint density at radius 1 is 0.486 bits per heavy atom. The Balaban J connectivity index is 3.25. The first kappa shape index (κ1) is 33.4. The number of esters is 2. The largest absolute Gasteiger partial charge is 0.481 e. The van der Waals surface area contributed by atoms with E-state index in [2.05, 4.69) is 6.92 Å². The van der Waals surface area contributed by atoms with Crippen LogP contribution >= 0.6 is 0 Å². The number of hydrogen-bond donors (Lipinski definition) is 1. The topological polar surface area (TPSA) is 99.1 Å². The number of unbranched alkanes of at least 4 members (excludes halogenated alkanes) is 15. The maximum atomic E-state index is 11.7. The Hall–Kier alpha value is -1.63. The summed E-state index contributed by atoms with van der Waals surface area (Å²) in [5.41, 5.74) is 0. The smallest absolute Gasteiger partial charge is 0.305 e. The Morgan fingerprint density at radius 2 is 0.829 bits per heavy atom. The Morgan fingerprint density at radius 3 is 1.23 bits per heavy atom. The number of carboxylic acids is 1. The summed E-state index contributed by atoms with van der Waals surface area (Å²) in [6.07, 6.45) is 21.2. The van der Waals surface area contributed by atoms with Crippen LogP contribution in [0.3, 0.4) is 0 Å². The van der Waals surface area contributed by atoms with Crippen molar-refractivity contribution in [2.24, 2.45) is 0 Å². The summed E-state index contributed by atoms with van der Waals surface area (Å²) in [6, 6.07) is 0. The van der Waals surface area contributed by atoms with E-state index in [4.69, 9.17) is 19.3 Å². The Bertz CT molecular complexity index is 508. The molecule has 0 aromatic carbocycles. The number of carbonyl (C=O) groups excluding carboxylic acids is 2. The minimum absolute atomic E-state index is 0.0640. The molecule has 0 bridgehead atoms. The molecule has 0 aliphatic rings. The number of rotatable bonds is 27. The van der Waals surface area contributed by atoms with Crippen LogP contribution in [0.4, 0.5) is 0 Å². The SMILES string of the molecule is CCCCCCCCCCCCCCCCCC(=O)OCCOCCOC(=O)CCCCC(=O)O. The predicted octanol–water partition coefficient (Wildman–Crippen LogP) is 7.00. The second kappa shape index (κ2) is 27.0. The highest BCUT2D eigenvalue weighted by Gasteiger charge is 2.05. The van der Waals surface area contributed by atoms with Crippen LogP contribution in [0.25, 0.3) is 0 Å². The van der Waals surface area contributed by atoms with Crippen molar-refractivity contribution in [3.05, 3.63) is 0 Å². The van der Waals surface area contributed by atoms with Crippen LogP contribution in [0.5, 0.6) is 0 Å². The molecule has 1 N–H and O–H groups in total. The van der Waals surface area contributed by atoms with E-state index in [-0.39, 0.29) is 51.2 Å². The van der Waals surface area contributed by atoms with Crippen molar-refractivity contribution in [3.8, 4) is 0 Å². The fourth-order valence-corrected chi connectivity index (χ4v) is 3.86. The second-order valence-corrected chi connectivity index (χ2v) is 9.35. The van der Waals surface area contributed by atoms with Crippen LogP contribution in [0.15, 0.2) is 0 Å². The zero-order chi connectivity index (χ0) is 25.8. The zero-order valence-corrected chi connectivity index (χ0v) is 22.4. The van der Waals surface area contributed by atoms with Crippen molar-refractivity contribution in [2.45, 2.75) is 135 Å². The molecule has 0 unspecified atom stereocenters. The second-order valence-electron chi connectivity index (χ2n) is 9.35. The molecule has 0 aromatic heterocycles. The fraction of sp³-hybridized carbons (Fsp3) is 0.893. The van der Waals surface area contributed by atoms with Crippen molar-refractivity contribution >= 4 is 17.9 Å². The summed E-state index contributed by atoms with van der Waals surface area (Å²) in [4.78, 5) is 33.6. The van der Waals surface area contributed by atoms with Crippen LogP contribution in [-0.2, 0) is 28.6 Å². The monoisotopic (exact) mass is 500 g/mol. The molecule has 0 spiro atoms. The van der Waals surface area contributed by atoms with E-state index in [0.29, 0.717) is 19.3 Å². The van der Waals surface area contributed by atoms with Gasteiger partial charge in [0.05, 0.1) is 13.2 Å². The highest BCUT2D eigenvalue weighted by atomic mass is 16.6. The van der Waals surface area contributed by atoms with Gasteiger partial charge in [0, 0.05) is 19.3 Å². The van der Waals surface area contributed by atoms with Crippen molar-refractivity contribution in [2.75, 3.05) is 26.4 Å². The summed E-state index contributed by atoms with van der Waals surface area (Å²) in [7, 11) is 0. The molecule has 0 amide bonds.